The summed E-state index contributed by atoms with van der Waals surface area (Å²) in [5.74, 6) is -0.179. The van der Waals surface area contributed by atoms with Crippen molar-refractivity contribution in [3.8, 4) is 0 Å². The van der Waals surface area contributed by atoms with E-state index in [0.29, 0.717) is 0 Å². The second-order valence-corrected chi connectivity index (χ2v) is 5.65. The maximum atomic E-state index is 13.2. The van der Waals surface area contributed by atoms with Gasteiger partial charge in [0.1, 0.15) is 5.82 Å². The molecule has 2 nitrogen and oxygen atoms in total. The van der Waals surface area contributed by atoms with Crippen molar-refractivity contribution in [1.82, 2.24) is 10.2 Å². The summed E-state index contributed by atoms with van der Waals surface area (Å²) < 4.78 is 13.2. The molecule has 1 heterocycles. The van der Waals surface area contributed by atoms with Gasteiger partial charge < -0.3 is 5.32 Å². The van der Waals surface area contributed by atoms with Crippen molar-refractivity contribution in [2.75, 3.05) is 26.2 Å². The average molecular weight is 284 g/mol. The first-order valence-electron chi connectivity index (χ1n) is 7.51. The molecular weight excluding hydrogens is 263 g/mol. The topological polar surface area (TPSA) is 15.3 Å². The van der Waals surface area contributed by atoms with E-state index in [-0.39, 0.29) is 11.9 Å². The van der Waals surface area contributed by atoms with Crippen LogP contribution in [0.5, 0.6) is 0 Å². The molecule has 2 aromatic rings. The zero-order valence-electron chi connectivity index (χ0n) is 12.3. The molecule has 3 heteroatoms. The Labute approximate surface area is 125 Å². The third kappa shape index (κ3) is 3.31. The van der Waals surface area contributed by atoms with Crippen LogP contribution in [0.2, 0.25) is 0 Å². The average Bonchev–Trinajstić information content (AvgIpc) is 2.51. The number of aryl methyl sites for hydroxylation is 1. The quantitative estimate of drug-likeness (QED) is 0.931. The van der Waals surface area contributed by atoms with E-state index in [2.05, 4.69) is 41.4 Å². The van der Waals surface area contributed by atoms with Crippen LogP contribution in [0.4, 0.5) is 4.39 Å². The van der Waals surface area contributed by atoms with Gasteiger partial charge in [0.15, 0.2) is 0 Å². The van der Waals surface area contributed by atoms with Gasteiger partial charge in [0.05, 0.1) is 6.04 Å². The molecule has 1 unspecified atom stereocenters. The van der Waals surface area contributed by atoms with E-state index in [1.807, 2.05) is 12.1 Å². The highest BCUT2D eigenvalue weighted by molar-refractivity contribution is 5.34. The van der Waals surface area contributed by atoms with Crippen molar-refractivity contribution in [3.63, 3.8) is 0 Å². The Hall–Kier alpha value is -1.71. The first kappa shape index (κ1) is 14.2. The molecule has 110 valence electrons. The smallest absolute Gasteiger partial charge is 0.123 e. The van der Waals surface area contributed by atoms with Gasteiger partial charge in [-0.3, -0.25) is 4.90 Å². The summed E-state index contributed by atoms with van der Waals surface area (Å²) >= 11 is 0. The highest BCUT2D eigenvalue weighted by Crippen LogP contribution is 2.29. The normalized spacial score (nSPS) is 17.6. The Bertz CT molecular complexity index is 588. The lowest BCUT2D eigenvalue weighted by atomic mass is 9.95. The van der Waals surface area contributed by atoms with Gasteiger partial charge >= 0.3 is 0 Å². The standard InChI is InChI=1S/C18H21FN2/c1-14-3-2-4-16(13-14)18(21-11-9-20-10-12-21)15-5-7-17(19)8-6-15/h2-8,13,18,20H,9-12H2,1H3. The van der Waals surface area contributed by atoms with Crippen molar-refractivity contribution in [1.29, 1.82) is 0 Å². The summed E-state index contributed by atoms with van der Waals surface area (Å²) in [7, 11) is 0. The van der Waals surface area contributed by atoms with Gasteiger partial charge in [-0.25, -0.2) is 4.39 Å². The molecule has 0 spiro atoms. The van der Waals surface area contributed by atoms with Crippen molar-refractivity contribution in [3.05, 3.63) is 71.0 Å². The van der Waals surface area contributed by atoms with Crippen LogP contribution in [-0.4, -0.2) is 31.1 Å². The van der Waals surface area contributed by atoms with Gasteiger partial charge in [0.25, 0.3) is 0 Å². The molecule has 1 saturated heterocycles. The molecule has 0 bridgehead atoms. The van der Waals surface area contributed by atoms with Crippen LogP contribution in [0.3, 0.4) is 0 Å². The summed E-state index contributed by atoms with van der Waals surface area (Å²) in [6.45, 7) is 6.14. The number of nitrogens with one attached hydrogen (secondary N) is 1. The Balaban J connectivity index is 1.99. The first-order chi connectivity index (χ1) is 10.2. The maximum absolute atomic E-state index is 13.2. The van der Waals surface area contributed by atoms with E-state index in [1.165, 1.54) is 11.1 Å². The van der Waals surface area contributed by atoms with Crippen molar-refractivity contribution >= 4 is 0 Å². The fourth-order valence-corrected chi connectivity index (χ4v) is 3.04. The molecule has 1 aliphatic rings. The van der Waals surface area contributed by atoms with Crippen LogP contribution < -0.4 is 5.32 Å². The third-order valence-electron chi connectivity index (χ3n) is 4.06. The molecule has 3 rings (SSSR count). The number of halogens is 1. The van der Waals surface area contributed by atoms with Crippen molar-refractivity contribution in [2.45, 2.75) is 13.0 Å². The summed E-state index contributed by atoms with van der Waals surface area (Å²) in [4.78, 5) is 2.47. The molecule has 1 atom stereocenters. The summed E-state index contributed by atoms with van der Waals surface area (Å²) in [6, 6.07) is 15.7. The number of hydrogen-bond donors (Lipinski definition) is 1. The van der Waals surface area contributed by atoms with Crippen LogP contribution >= 0.6 is 0 Å². The fourth-order valence-electron chi connectivity index (χ4n) is 3.04. The zero-order chi connectivity index (χ0) is 14.7. The number of benzene rings is 2. The highest BCUT2D eigenvalue weighted by atomic mass is 19.1. The first-order valence-corrected chi connectivity index (χ1v) is 7.51. The molecule has 0 aliphatic carbocycles. The maximum Gasteiger partial charge on any atom is 0.123 e. The van der Waals surface area contributed by atoms with E-state index in [9.17, 15) is 4.39 Å². The van der Waals surface area contributed by atoms with E-state index >= 15 is 0 Å². The lowest BCUT2D eigenvalue weighted by Gasteiger charge is -2.35. The van der Waals surface area contributed by atoms with Gasteiger partial charge in [-0.15, -0.1) is 0 Å². The molecule has 1 fully saturated rings. The zero-order valence-corrected chi connectivity index (χ0v) is 12.3. The minimum atomic E-state index is -0.179. The van der Waals surface area contributed by atoms with E-state index in [1.54, 1.807) is 12.1 Å². The summed E-state index contributed by atoms with van der Waals surface area (Å²) in [5.41, 5.74) is 3.70. The number of rotatable bonds is 3. The van der Waals surface area contributed by atoms with Gasteiger partial charge in [0.2, 0.25) is 0 Å². The second-order valence-electron chi connectivity index (χ2n) is 5.65. The van der Waals surface area contributed by atoms with Crippen LogP contribution in [0.25, 0.3) is 0 Å². The molecule has 0 saturated carbocycles. The Morgan fingerprint density at radius 2 is 1.71 bits per heavy atom. The van der Waals surface area contributed by atoms with E-state index in [0.717, 1.165) is 31.7 Å². The lowest BCUT2D eigenvalue weighted by Crippen LogP contribution is -2.45. The molecule has 21 heavy (non-hydrogen) atoms. The van der Waals surface area contributed by atoms with E-state index in [4.69, 9.17) is 0 Å². The molecule has 1 N–H and O–H groups in total. The molecule has 0 amide bonds. The molecular formula is C18H21FN2. The second kappa shape index (κ2) is 6.37. The minimum absolute atomic E-state index is 0.179. The number of piperazine rings is 1. The highest BCUT2D eigenvalue weighted by Gasteiger charge is 2.23. The molecule has 0 radical (unpaired) electrons. The summed E-state index contributed by atoms with van der Waals surface area (Å²) in [5, 5.41) is 3.39. The van der Waals surface area contributed by atoms with Crippen LogP contribution in [0, 0.1) is 12.7 Å². The van der Waals surface area contributed by atoms with Gasteiger partial charge in [-0.1, -0.05) is 42.0 Å². The SMILES string of the molecule is Cc1cccc(C(c2ccc(F)cc2)N2CCNCC2)c1. The van der Waals surface area contributed by atoms with Crippen molar-refractivity contribution < 1.29 is 4.39 Å². The Morgan fingerprint density at radius 1 is 1.00 bits per heavy atom. The largest absolute Gasteiger partial charge is 0.314 e. The third-order valence-corrected chi connectivity index (χ3v) is 4.06. The van der Waals surface area contributed by atoms with Gasteiger partial charge in [-0.2, -0.15) is 0 Å². The van der Waals surface area contributed by atoms with Crippen LogP contribution in [0.15, 0.2) is 48.5 Å². The van der Waals surface area contributed by atoms with Crippen LogP contribution in [-0.2, 0) is 0 Å². The Morgan fingerprint density at radius 3 is 2.38 bits per heavy atom. The Kier molecular flexibility index (Phi) is 4.32. The summed E-state index contributed by atoms with van der Waals surface area (Å²) in [6.07, 6.45) is 0. The monoisotopic (exact) mass is 284 g/mol. The number of hydrogen-bond acceptors (Lipinski definition) is 2. The number of nitrogens with zero attached hydrogens (tertiary/aromatic N) is 1. The predicted molar refractivity (Wildman–Crippen MR) is 83.9 cm³/mol. The molecule has 1 aliphatic heterocycles. The molecule has 2 aromatic carbocycles. The van der Waals surface area contributed by atoms with Crippen molar-refractivity contribution in [2.24, 2.45) is 0 Å². The molecule has 0 aromatic heterocycles. The lowest BCUT2D eigenvalue weighted by molar-refractivity contribution is 0.198. The van der Waals surface area contributed by atoms with E-state index < -0.39 is 0 Å². The van der Waals surface area contributed by atoms with Gasteiger partial charge in [0, 0.05) is 26.2 Å². The van der Waals surface area contributed by atoms with Gasteiger partial charge in [-0.05, 0) is 30.2 Å². The van der Waals surface area contributed by atoms with Crippen LogP contribution in [0.1, 0.15) is 22.7 Å². The predicted octanol–water partition coefficient (Wildman–Crippen LogP) is 3.13. The fraction of sp³-hybridized carbons (Fsp3) is 0.333. The minimum Gasteiger partial charge on any atom is -0.314 e.